The average Bonchev–Trinajstić information content (AvgIpc) is 3.21. The average molecular weight is 463 g/mol. The number of carbonyl (C=O) groups is 2. The minimum Gasteiger partial charge on any atom is -0.497 e. The molecule has 0 amide bonds. The van der Waals surface area contributed by atoms with E-state index in [0.29, 0.717) is 32.0 Å². The number of carbonyl (C=O) groups excluding carboxylic acids is 2. The molecule has 1 N–H and O–H groups in total. The van der Waals surface area contributed by atoms with E-state index >= 15 is 0 Å². The Hall–Kier alpha value is -2.52. The van der Waals surface area contributed by atoms with Crippen LogP contribution in [0.25, 0.3) is 5.70 Å². The standard InChI is InChI=1S/C20H23BrN4O4/c1-3-16(26)17(21)19(27)18-20(22-12-13-4-6-15(28-2)7-5-13)24-25(23-18)14-8-10-29-11-9-14/h4-8,17H,3,9-12H2,1-2H3,(H,22,24). The Balaban J connectivity index is 1.86. The summed E-state index contributed by atoms with van der Waals surface area (Å²) in [7, 11) is 1.61. The first-order valence-electron chi connectivity index (χ1n) is 9.35. The number of nitrogens with one attached hydrogen (secondary N) is 1. The van der Waals surface area contributed by atoms with Crippen molar-refractivity contribution in [1.82, 2.24) is 15.0 Å². The van der Waals surface area contributed by atoms with E-state index in [1.54, 1.807) is 14.0 Å². The SMILES string of the molecule is CCC(=O)C(Br)C(=O)c1nn(C2=CCOCC2)nc1NCc1ccc(OC)cc1. The maximum atomic E-state index is 12.9. The smallest absolute Gasteiger partial charge is 0.208 e. The molecular weight excluding hydrogens is 440 g/mol. The number of benzene rings is 1. The molecule has 0 saturated carbocycles. The number of anilines is 1. The Bertz CT molecular complexity index is 908. The summed E-state index contributed by atoms with van der Waals surface area (Å²) in [5.41, 5.74) is 1.98. The highest BCUT2D eigenvalue weighted by atomic mass is 79.9. The maximum Gasteiger partial charge on any atom is 0.208 e. The number of ketones is 2. The van der Waals surface area contributed by atoms with Crippen LogP contribution in [0.5, 0.6) is 5.75 Å². The van der Waals surface area contributed by atoms with Gasteiger partial charge in [0.25, 0.3) is 0 Å². The van der Waals surface area contributed by atoms with Crippen LogP contribution in [-0.4, -0.2) is 51.7 Å². The van der Waals surface area contributed by atoms with Crippen LogP contribution in [0.15, 0.2) is 30.3 Å². The monoisotopic (exact) mass is 462 g/mol. The van der Waals surface area contributed by atoms with Crippen molar-refractivity contribution in [2.24, 2.45) is 0 Å². The molecule has 1 unspecified atom stereocenters. The third-order valence-corrected chi connectivity index (χ3v) is 5.45. The van der Waals surface area contributed by atoms with E-state index in [1.165, 1.54) is 4.80 Å². The summed E-state index contributed by atoms with van der Waals surface area (Å²) in [6.07, 6.45) is 2.78. The van der Waals surface area contributed by atoms with Gasteiger partial charge in [-0.05, 0) is 23.8 Å². The van der Waals surface area contributed by atoms with Crippen molar-refractivity contribution in [2.75, 3.05) is 25.6 Å². The Morgan fingerprint density at radius 3 is 2.69 bits per heavy atom. The van der Waals surface area contributed by atoms with E-state index in [-0.39, 0.29) is 17.9 Å². The highest BCUT2D eigenvalue weighted by Gasteiger charge is 2.29. The van der Waals surface area contributed by atoms with Crippen molar-refractivity contribution in [2.45, 2.75) is 31.1 Å². The first kappa shape index (κ1) is 21.2. The van der Waals surface area contributed by atoms with E-state index in [9.17, 15) is 9.59 Å². The molecular formula is C20H23BrN4O4. The van der Waals surface area contributed by atoms with E-state index in [0.717, 1.165) is 17.0 Å². The van der Waals surface area contributed by atoms with E-state index in [4.69, 9.17) is 9.47 Å². The Labute approximate surface area is 177 Å². The Morgan fingerprint density at radius 1 is 1.31 bits per heavy atom. The third kappa shape index (κ3) is 5.10. The first-order valence-corrected chi connectivity index (χ1v) is 10.3. The van der Waals surface area contributed by atoms with E-state index in [2.05, 4.69) is 31.4 Å². The van der Waals surface area contributed by atoms with Crippen LogP contribution >= 0.6 is 15.9 Å². The van der Waals surface area contributed by atoms with Gasteiger partial charge in [0.15, 0.2) is 17.3 Å². The van der Waals surface area contributed by atoms with Gasteiger partial charge in [-0.1, -0.05) is 35.0 Å². The lowest BCUT2D eigenvalue weighted by atomic mass is 10.1. The van der Waals surface area contributed by atoms with Gasteiger partial charge in [0, 0.05) is 19.4 Å². The van der Waals surface area contributed by atoms with Gasteiger partial charge in [0.2, 0.25) is 5.78 Å². The molecule has 29 heavy (non-hydrogen) atoms. The number of Topliss-reactive ketones (excluding diaryl/α,β-unsaturated/α-hetero) is 2. The lowest BCUT2D eigenvalue weighted by Gasteiger charge is -2.11. The second-order valence-corrected chi connectivity index (χ2v) is 7.37. The van der Waals surface area contributed by atoms with Crippen LogP contribution < -0.4 is 10.1 Å². The summed E-state index contributed by atoms with van der Waals surface area (Å²) in [5.74, 6) is 0.498. The van der Waals surface area contributed by atoms with Crippen LogP contribution in [0.3, 0.4) is 0 Å². The predicted molar refractivity (Wildman–Crippen MR) is 112 cm³/mol. The fourth-order valence-electron chi connectivity index (χ4n) is 2.79. The number of hydrogen-bond acceptors (Lipinski definition) is 7. The van der Waals surface area contributed by atoms with Gasteiger partial charge in [-0.25, -0.2) is 0 Å². The van der Waals surface area contributed by atoms with Crippen molar-refractivity contribution in [3.05, 3.63) is 41.6 Å². The largest absolute Gasteiger partial charge is 0.497 e. The van der Waals surface area contributed by atoms with Crippen LogP contribution in [0.2, 0.25) is 0 Å². The topological polar surface area (TPSA) is 95.3 Å². The summed E-state index contributed by atoms with van der Waals surface area (Å²) < 4.78 is 10.5. The van der Waals surface area contributed by atoms with E-state index < -0.39 is 10.6 Å². The van der Waals surface area contributed by atoms with Crippen LogP contribution in [0.1, 0.15) is 35.8 Å². The van der Waals surface area contributed by atoms with Gasteiger partial charge in [0.1, 0.15) is 10.6 Å². The second-order valence-electron chi connectivity index (χ2n) is 6.46. The zero-order valence-electron chi connectivity index (χ0n) is 16.4. The second kappa shape index (κ2) is 9.80. The van der Waals surface area contributed by atoms with Crippen molar-refractivity contribution in [3.63, 3.8) is 0 Å². The number of ether oxygens (including phenoxy) is 2. The van der Waals surface area contributed by atoms with Gasteiger partial charge in [-0.2, -0.15) is 4.80 Å². The molecule has 0 fully saturated rings. The molecule has 0 bridgehead atoms. The number of hydrogen-bond donors (Lipinski definition) is 1. The van der Waals surface area contributed by atoms with E-state index in [1.807, 2.05) is 30.3 Å². The molecule has 0 spiro atoms. The minimum atomic E-state index is -0.942. The van der Waals surface area contributed by atoms with Crippen LogP contribution in [0.4, 0.5) is 5.82 Å². The molecule has 154 valence electrons. The van der Waals surface area contributed by atoms with Gasteiger partial charge in [-0.15, -0.1) is 10.2 Å². The first-order chi connectivity index (χ1) is 14.0. The van der Waals surface area contributed by atoms with Gasteiger partial charge in [0.05, 0.1) is 26.0 Å². The van der Waals surface area contributed by atoms with Crippen molar-refractivity contribution >= 4 is 39.0 Å². The highest BCUT2D eigenvalue weighted by Crippen LogP contribution is 2.22. The highest BCUT2D eigenvalue weighted by molar-refractivity contribution is 9.10. The Morgan fingerprint density at radius 2 is 2.07 bits per heavy atom. The van der Waals surface area contributed by atoms with Crippen molar-refractivity contribution in [1.29, 1.82) is 0 Å². The number of rotatable bonds is 9. The number of aromatic nitrogens is 3. The molecule has 3 rings (SSSR count). The van der Waals surface area contributed by atoms with Crippen molar-refractivity contribution < 1.29 is 19.1 Å². The third-order valence-electron chi connectivity index (χ3n) is 4.52. The molecule has 9 heteroatoms. The predicted octanol–water partition coefficient (Wildman–Crippen LogP) is 3.09. The molecule has 2 aromatic rings. The summed E-state index contributed by atoms with van der Waals surface area (Å²) in [5, 5.41) is 12.0. The number of nitrogens with zero attached hydrogens (tertiary/aromatic N) is 3. The summed E-state index contributed by atoms with van der Waals surface area (Å²) in [6.45, 7) is 3.21. The lowest BCUT2D eigenvalue weighted by Crippen LogP contribution is -2.25. The lowest BCUT2D eigenvalue weighted by molar-refractivity contribution is -0.117. The molecule has 1 aliphatic rings. The molecule has 8 nitrogen and oxygen atoms in total. The normalized spacial score (nSPS) is 14.8. The Kier molecular flexibility index (Phi) is 7.16. The van der Waals surface area contributed by atoms with Gasteiger partial charge < -0.3 is 14.8 Å². The fraction of sp³-hybridized carbons (Fsp3) is 0.400. The molecule has 2 heterocycles. The van der Waals surface area contributed by atoms with Gasteiger partial charge >= 0.3 is 0 Å². The molecule has 1 atom stereocenters. The quantitative estimate of drug-likeness (QED) is 0.347. The molecule has 1 aromatic carbocycles. The van der Waals surface area contributed by atoms with Crippen LogP contribution in [-0.2, 0) is 16.1 Å². The molecule has 0 aliphatic carbocycles. The number of alkyl halides is 1. The van der Waals surface area contributed by atoms with Crippen LogP contribution in [0, 0.1) is 0 Å². The fourth-order valence-corrected chi connectivity index (χ4v) is 3.33. The zero-order valence-corrected chi connectivity index (χ0v) is 17.9. The number of methoxy groups -OCH3 is 1. The summed E-state index contributed by atoms with van der Waals surface area (Å²) in [4.78, 5) is 25.4. The molecule has 1 aliphatic heterocycles. The molecule has 1 aromatic heterocycles. The number of halogens is 1. The molecule has 0 saturated heterocycles. The van der Waals surface area contributed by atoms with Crippen molar-refractivity contribution in [3.8, 4) is 5.75 Å². The van der Waals surface area contributed by atoms with Gasteiger partial charge in [-0.3, -0.25) is 9.59 Å². The maximum absolute atomic E-state index is 12.9. The zero-order chi connectivity index (χ0) is 20.8. The summed E-state index contributed by atoms with van der Waals surface area (Å²) in [6, 6.07) is 7.57. The molecule has 0 radical (unpaired) electrons. The minimum absolute atomic E-state index is 0.134. The summed E-state index contributed by atoms with van der Waals surface area (Å²) >= 11 is 3.20.